The van der Waals surface area contributed by atoms with Gasteiger partial charge in [0.2, 0.25) is 0 Å². The number of halogens is 3. The standard InChI is InChI=1S/C12H11F3O/c1-7-6-9(12(13,14)15)4-5-10(7)11(16)8-2-3-8/h4-6,8H,2-3H2,1H3. The molecule has 0 saturated heterocycles. The molecule has 1 aromatic rings. The van der Waals surface area contributed by atoms with Crippen molar-refractivity contribution in [1.82, 2.24) is 0 Å². The number of hydrogen-bond donors (Lipinski definition) is 0. The van der Waals surface area contributed by atoms with Crippen molar-refractivity contribution in [3.8, 4) is 0 Å². The van der Waals surface area contributed by atoms with Gasteiger partial charge in [0.05, 0.1) is 5.56 Å². The second-order valence-electron chi connectivity index (χ2n) is 4.17. The molecular formula is C12H11F3O. The Hall–Kier alpha value is -1.32. The maximum absolute atomic E-state index is 12.4. The zero-order valence-electron chi connectivity index (χ0n) is 8.77. The Kier molecular flexibility index (Phi) is 2.52. The van der Waals surface area contributed by atoms with Crippen LogP contribution in [0.25, 0.3) is 0 Å². The highest BCUT2D eigenvalue weighted by molar-refractivity contribution is 6.00. The number of alkyl halides is 3. The van der Waals surface area contributed by atoms with E-state index < -0.39 is 11.7 Å². The highest BCUT2D eigenvalue weighted by atomic mass is 19.4. The van der Waals surface area contributed by atoms with Crippen LogP contribution in [0.1, 0.15) is 34.3 Å². The van der Waals surface area contributed by atoms with Crippen molar-refractivity contribution in [2.75, 3.05) is 0 Å². The fraction of sp³-hybridized carbons (Fsp3) is 0.417. The first-order valence-electron chi connectivity index (χ1n) is 5.11. The Bertz CT molecular complexity index is 430. The quantitative estimate of drug-likeness (QED) is 0.707. The molecule has 1 nitrogen and oxygen atoms in total. The molecule has 16 heavy (non-hydrogen) atoms. The maximum atomic E-state index is 12.4. The minimum atomic E-state index is -4.34. The molecule has 0 aromatic heterocycles. The lowest BCUT2D eigenvalue weighted by Gasteiger charge is -2.10. The van der Waals surface area contributed by atoms with Crippen molar-refractivity contribution in [3.63, 3.8) is 0 Å². The first kappa shape index (κ1) is 11.2. The third-order valence-electron chi connectivity index (χ3n) is 2.77. The van der Waals surface area contributed by atoms with Crippen LogP contribution < -0.4 is 0 Å². The molecule has 86 valence electrons. The molecule has 0 spiro atoms. The van der Waals surface area contributed by atoms with E-state index in [1.807, 2.05) is 0 Å². The van der Waals surface area contributed by atoms with Gasteiger partial charge in [-0.15, -0.1) is 0 Å². The van der Waals surface area contributed by atoms with Crippen molar-refractivity contribution >= 4 is 5.78 Å². The van der Waals surface area contributed by atoms with Crippen molar-refractivity contribution in [2.45, 2.75) is 25.9 Å². The average Bonchev–Trinajstić information content (AvgIpc) is 2.98. The Morgan fingerprint density at radius 2 is 1.94 bits per heavy atom. The summed E-state index contributed by atoms with van der Waals surface area (Å²) in [6.07, 6.45) is -2.62. The zero-order chi connectivity index (χ0) is 11.9. The molecule has 0 unspecified atom stereocenters. The van der Waals surface area contributed by atoms with E-state index in [-0.39, 0.29) is 11.7 Å². The van der Waals surface area contributed by atoms with Crippen molar-refractivity contribution < 1.29 is 18.0 Å². The van der Waals surface area contributed by atoms with E-state index in [0.717, 1.165) is 25.0 Å². The van der Waals surface area contributed by atoms with E-state index in [2.05, 4.69) is 0 Å². The van der Waals surface area contributed by atoms with E-state index in [9.17, 15) is 18.0 Å². The largest absolute Gasteiger partial charge is 0.416 e. The predicted octanol–water partition coefficient (Wildman–Crippen LogP) is 3.61. The Morgan fingerprint density at radius 1 is 1.31 bits per heavy atom. The number of carbonyl (C=O) groups is 1. The molecule has 1 saturated carbocycles. The number of rotatable bonds is 2. The molecule has 1 aliphatic carbocycles. The van der Waals surface area contributed by atoms with Gasteiger partial charge in [-0.2, -0.15) is 13.2 Å². The fourth-order valence-corrected chi connectivity index (χ4v) is 1.68. The van der Waals surface area contributed by atoms with Crippen LogP contribution in [0.5, 0.6) is 0 Å². The number of hydrogen-bond acceptors (Lipinski definition) is 1. The van der Waals surface area contributed by atoms with Gasteiger partial charge in [-0.25, -0.2) is 0 Å². The summed E-state index contributed by atoms with van der Waals surface area (Å²) < 4.78 is 37.2. The number of Topliss-reactive ketones (excluding diaryl/α,β-unsaturated/α-hetero) is 1. The second-order valence-corrected chi connectivity index (χ2v) is 4.17. The third kappa shape index (κ3) is 2.10. The van der Waals surface area contributed by atoms with Gasteiger partial charge in [0.1, 0.15) is 0 Å². The van der Waals surface area contributed by atoms with Crippen LogP contribution in [0.3, 0.4) is 0 Å². The molecule has 2 rings (SSSR count). The van der Waals surface area contributed by atoms with Crippen LogP contribution >= 0.6 is 0 Å². The number of aryl methyl sites for hydroxylation is 1. The fourth-order valence-electron chi connectivity index (χ4n) is 1.68. The topological polar surface area (TPSA) is 17.1 Å². The Balaban J connectivity index is 2.33. The molecule has 4 heteroatoms. The first-order valence-corrected chi connectivity index (χ1v) is 5.11. The molecule has 1 aromatic carbocycles. The minimum absolute atomic E-state index is 0.0220. The summed E-state index contributed by atoms with van der Waals surface area (Å²) in [6, 6.07) is 3.30. The van der Waals surface area contributed by atoms with Gasteiger partial charge < -0.3 is 0 Å². The summed E-state index contributed by atoms with van der Waals surface area (Å²) in [5.74, 6) is 0.0154. The molecule has 0 heterocycles. The number of carbonyl (C=O) groups excluding carboxylic acids is 1. The van der Waals surface area contributed by atoms with Gasteiger partial charge in [-0.3, -0.25) is 4.79 Å². The Morgan fingerprint density at radius 3 is 2.38 bits per heavy atom. The highest BCUT2D eigenvalue weighted by Crippen LogP contribution is 2.35. The van der Waals surface area contributed by atoms with Crippen LogP contribution in [-0.2, 0) is 6.18 Å². The van der Waals surface area contributed by atoms with Crippen LogP contribution in [0.4, 0.5) is 13.2 Å². The highest BCUT2D eigenvalue weighted by Gasteiger charge is 2.34. The lowest BCUT2D eigenvalue weighted by atomic mass is 9.99. The van der Waals surface area contributed by atoms with E-state index >= 15 is 0 Å². The Labute approximate surface area is 91.3 Å². The summed E-state index contributed by atoms with van der Waals surface area (Å²) in [4.78, 5) is 11.7. The summed E-state index contributed by atoms with van der Waals surface area (Å²) in [5.41, 5.74) is 0.138. The molecule has 0 bridgehead atoms. The summed E-state index contributed by atoms with van der Waals surface area (Å²) in [6.45, 7) is 1.55. The molecule has 1 fully saturated rings. The number of ketones is 1. The van der Waals surface area contributed by atoms with Gasteiger partial charge in [-0.05, 0) is 37.5 Å². The van der Waals surface area contributed by atoms with Crippen LogP contribution in [-0.4, -0.2) is 5.78 Å². The molecule has 0 aliphatic heterocycles. The van der Waals surface area contributed by atoms with Crippen LogP contribution in [0, 0.1) is 12.8 Å². The molecule has 0 amide bonds. The van der Waals surface area contributed by atoms with E-state index in [1.54, 1.807) is 6.92 Å². The second kappa shape index (κ2) is 3.61. The lowest BCUT2D eigenvalue weighted by molar-refractivity contribution is -0.137. The minimum Gasteiger partial charge on any atom is -0.294 e. The molecule has 1 aliphatic rings. The predicted molar refractivity (Wildman–Crippen MR) is 53.2 cm³/mol. The molecular weight excluding hydrogens is 217 g/mol. The van der Waals surface area contributed by atoms with Gasteiger partial charge in [0.15, 0.2) is 5.78 Å². The van der Waals surface area contributed by atoms with Crippen molar-refractivity contribution in [1.29, 1.82) is 0 Å². The van der Waals surface area contributed by atoms with E-state index in [4.69, 9.17) is 0 Å². The maximum Gasteiger partial charge on any atom is 0.416 e. The molecule has 0 atom stereocenters. The van der Waals surface area contributed by atoms with Crippen LogP contribution in [0.2, 0.25) is 0 Å². The van der Waals surface area contributed by atoms with E-state index in [0.29, 0.717) is 11.1 Å². The van der Waals surface area contributed by atoms with Crippen molar-refractivity contribution in [3.05, 3.63) is 34.9 Å². The lowest BCUT2D eigenvalue weighted by Crippen LogP contribution is -2.09. The van der Waals surface area contributed by atoms with Gasteiger partial charge in [0, 0.05) is 11.5 Å². The smallest absolute Gasteiger partial charge is 0.294 e. The zero-order valence-corrected chi connectivity index (χ0v) is 8.77. The molecule has 0 N–H and O–H groups in total. The average molecular weight is 228 g/mol. The summed E-state index contributed by atoms with van der Waals surface area (Å²) in [5, 5.41) is 0. The van der Waals surface area contributed by atoms with Gasteiger partial charge in [0.25, 0.3) is 0 Å². The monoisotopic (exact) mass is 228 g/mol. The van der Waals surface area contributed by atoms with Crippen molar-refractivity contribution in [2.24, 2.45) is 5.92 Å². The number of benzene rings is 1. The SMILES string of the molecule is Cc1cc(C(F)(F)F)ccc1C(=O)C1CC1. The molecule has 0 radical (unpaired) electrons. The summed E-state index contributed by atoms with van der Waals surface area (Å²) in [7, 11) is 0. The normalized spacial score (nSPS) is 16.2. The first-order chi connectivity index (χ1) is 7.39. The third-order valence-corrected chi connectivity index (χ3v) is 2.77. The van der Waals surface area contributed by atoms with Gasteiger partial charge >= 0.3 is 6.18 Å². The van der Waals surface area contributed by atoms with Crippen LogP contribution in [0.15, 0.2) is 18.2 Å². The summed E-state index contributed by atoms with van der Waals surface area (Å²) >= 11 is 0. The van der Waals surface area contributed by atoms with E-state index in [1.165, 1.54) is 6.07 Å². The van der Waals surface area contributed by atoms with Gasteiger partial charge in [-0.1, -0.05) is 6.07 Å².